The van der Waals surface area contributed by atoms with Gasteiger partial charge in [0.1, 0.15) is 0 Å². The fraction of sp³-hybridized carbons (Fsp3) is 0. The van der Waals surface area contributed by atoms with E-state index in [0.29, 0.717) is 0 Å². The van der Waals surface area contributed by atoms with Crippen molar-refractivity contribution in [2.75, 3.05) is 0 Å². The Hall–Kier alpha value is 8.63. The van der Waals surface area contributed by atoms with Crippen LogP contribution in [0.1, 0.15) is 11.4 Å². The fourth-order valence-corrected chi connectivity index (χ4v) is 0.733. The number of phosphoric ester groups is 2. The summed E-state index contributed by atoms with van der Waals surface area (Å²) in [6.45, 7) is 0. The molecule has 0 aliphatic heterocycles. The van der Waals surface area contributed by atoms with Crippen molar-refractivity contribution in [1.82, 2.24) is 0 Å². The van der Waals surface area contributed by atoms with Crippen LogP contribution in [-0.2, 0) is 18.2 Å². The normalized spacial score (nSPS) is 8.22. The molecule has 0 aliphatic rings. The second kappa shape index (κ2) is 23.7. The van der Waals surface area contributed by atoms with Crippen molar-refractivity contribution in [1.29, 1.82) is 0 Å². The van der Waals surface area contributed by atoms with Gasteiger partial charge in [-0.15, -0.1) is 0 Å². The molecule has 0 aromatic carbocycles. The average molecular weight is 467 g/mol. The van der Waals surface area contributed by atoms with Crippen molar-refractivity contribution >= 4 is 97.3 Å². The third-order valence-electron chi connectivity index (χ3n) is 0.387. The summed E-state index contributed by atoms with van der Waals surface area (Å²) in [6, 6.07) is 0. The van der Waals surface area contributed by atoms with Crippen LogP contribution in [0.25, 0.3) is 0 Å². The first kappa shape index (κ1) is 45.4. The minimum Gasteiger partial charge on any atom is -1.00 e. The van der Waals surface area contributed by atoms with Crippen LogP contribution in [-0.4, -0.2) is 101 Å². The summed E-state index contributed by atoms with van der Waals surface area (Å²) in [6.07, 6.45) is -2.14. The van der Waals surface area contributed by atoms with E-state index in [1.54, 1.807) is 0 Å². The van der Waals surface area contributed by atoms with Gasteiger partial charge in [0.2, 0.25) is 0 Å². The van der Waals surface area contributed by atoms with Gasteiger partial charge in [0.05, 0.1) is 0 Å². The van der Waals surface area contributed by atoms with Gasteiger partial charge < -0.3 is 20.5 Å². The maximum Gasteiger partial charge on any atom is 2.00 e. The van der Waals surface area contributed by atoms with Crippen LogP contribution >= 0.6 is 15.6 Å². The topological polar surface area (TPSA) is 151 Å². The van der Waals surface area contributed by atoms with E-state index in [-0.39, 0.29) is 292 Å². The smallest absolute Gasteiger partial charge is 1.00 e. The summed E-state index contributed by atoms with van der Waals surface area (Å²) in [5.41, 5.74) is 0. The van der Waals surface area contributed by atoms with Crippen LogP contribution < -0.4 is 206 Å². The number of rotatable bonds is 2. The molecule has 0 spiro atoms. The number of phosphoric acid groups is 2. The van der Waals surface area contributed by atoms with Crippen LogP contribution in [0, 0.1) is 0 Å². The molecule has 0 aromatic heterocycles. The Morgan fingerprint density at radius 1 is 0.778 bits per heavy atom. The van der Waals surface area contributed by atoms with E-state index in [4.69, 9.17) is 19.6 Å². The van der Waals surface area contributed by atoms with E-state index in [1.807, 2.05) is 0 Å². The van der Waals surface area contributed by atoms with Gasteiger partial charge in [0.25, 0.3) is 0 Å². The molecule has 0 aromatic rings. The third-order valence-corrected chi connectivity index (χ3v) is 1.16. The monoisotopic (exact) mass is 466 g/mol. The Morgan fingerprint density at radius 2 is 0.944 bits per heavy atom. The van der Waals surface area contributed by atoms with E-state index < -0.39 is 21.8 Å². The average Bonchev–Trinajstić information content (AvgIpc) is 1.49. The first-order valence-corrected chi connectivity index (χ1v) is 5.20. The predicted octanol–water partition coefficient (Wildman–Crippen LogP) is -12.5. The SMILES string of the molecule is O=C(OP(=O)(O)O)OP(=O)(O)O.[Ca+2].[Ca+2].[H-].[H-].[H-].[H-].[H-].[H-].[H-].[H-].[K+].[K+].[K+].[K+]. The molecule has 0 fully saturated rings. The van der Waals surface area contributed by atoms with E-state index in [0.717, 1.165) is 0 Å². The van der Waals surface area contributed by atoms with Gasteiger partial charge in [0.15, 0.2) is 0 Å². The largest absolute Gasteiger partial charge is 2.00 e. The zero-order valence-electron chi connectivity index (χ0n) is 18.6. The molecule has 0 saturated heterocycles. The fourth-order valence-electron chi connectivity index (χ4n) is 0.211. The Kier molecular flexibility index (Phi) is 59.7. The molecular formula is CH12Ca2K4O9P2. The number of hydrogen-bond donors (Lipinski definition) is 4. The first-order chi connectivity index (χ1) is 5.10. The number of carbonyl (C=O) groups is 1. The molecule has 0 aliphatic carbocycles. The Balaban J connectivity index is -0.00000000665. The molecular weight excluding hydrogens is 454 g/mol. The zero-order chi connectivity index (χ0) is 9.99. The van der Waals surface area contributed by atoms with Gasteiger partial charge >= 0.3 is 303 Å². The van der Waals surface area contributed by atoms with Crippen LogP contribution in [0.15, 0.2) is 0 Å². The number of hydrogen-bond acceptors (Lipinski definition) is 5. The summed E-state index contributed by atoms with van der Waals surface area (Å²) < 4.78 is 25.9. The Morgan fingerprint density at radius 3 is 1.06 bits per heavy atom. The van der Waals surface area contributed by atoms with Crippen molar-refractivity contribution in [2.45, 2.75) is 0 Å². The summed E-state index contributed by atoms with van der Waals surface area (Å²) in [7, 11) is -10.3. The molecule has 88 valence electrons. The standard InChI is InChI=1S/CH4O9P2.2Ca.4K.8H/c2-1(9-11(3,4)5)10-12(6,7)8;;;;;;;;;;;;;;/h(H2,3,4,5)(H2,6,7,8);;;;;;;;;;;;;;/q;2*+2;4*+1;8*-1. The third kappa shape index (κ3) is 39.6. The minimum absolute atomic E-state index is 0. The molecule has 18 heavy (non-hydrogen) atoms. The molecule has 9 nitrogen and oxygen atoms in total. The summed E-state index contributed by atoms with van der Waals surface area (Å²) >= 11 is 0. The van der Waals surface area contributed by atoms with Gasteiger partial charge in [0, 0.05) is 0 Å². The quantitative estimate of drug-likeness (QED) is 0.230. The molecule has 0 radical (unpaired) electrons. The van der Waals surface area contributed by atoms with Gasteiger partial charge in [-0.2, -0.15) is 0 Å². The van der Waals surface area contributed by atoms with Crippen LogP contribution in [0.3, 0.4) is 0 Å². The van der Waals surface area contributed by atoms with E-state index in [1.165, 1.54) is 0 Å². The molecule has 0 unspecified atom stereocenters. The first-order valence-electron chi connectivity index (χ1n) is 2.14. The molecule has 0 saturated carbocycles. The number of carbonyl (C=O) groups excluding carboxylic acids is 1. The van der Waals surface area contributed by atoms with Crippen LogP contribution in [0.4, 0.5) is 4.79 Å². The van der Waals surface area contributed by atoms with E-state index in [9.17, 15) is 13.9 Å². The second-order valence-electron chi connectivity index (χ2n) is 1.41. The molecule has 4 N–H and O–H groups in total. The van der Waals surface area contributed by atoms with Gasteiger partial charge in [-0.25, -0.2) is 13.9 Å². The van der Waals surface area contributed by atoms with Gasteiger partial charge in [-0.3, -0.25) is 19.6 Å². The molecule has 0 amide bonds. The summed E-state index contributed by atoms with van der Waals surface area (Å²) in [4.78, 5) is 41.7. The van der Waals surface area contributed by atoms with E-state index in [2.05, 4.69) is 9.05 Å². The molecule has 0 heterocycles. The van der Waals surface area contributed by atoms with Crippen LogP contribution in [0.2, 0.25) is 0 Å². The molecule has 0 bridgehead atoms. The summed E-state index contributed by atoms with van der Waals surface area (Å²) in [5, 5.41) is 0. The van der Waals surface area contributed by atoms with Gasteiger partial charge in [-0.1, -0.05) is 0 Å². The second-order valence-corrected chi connectivity index (χ2v) is 3.74. The van der Waals surface area contributed by atoms with Gasteiger partial charge in [-0.05, 0) is 0 Å². The Labute approximate surface area is 345 Å². The maximum atomic E-state index is 10.0. The van der Waals surface area contributed by atoms with Crippen molar-refractivity contribution < 1.29 is 259 Å². The zero-order valence-corrected chi connectivity index (χ0v) is 29.3. The van der Waals surface area contributed by atoms with Crippen molar-refractivity contribution in [3.63, 3.8) is 0 Å². The van der Waals surface area contributed by atoms with Crippen molar-refractivity contribution in [3.05, 3.63) is 0 Å². The molecule has 17 heteroatoms. The van der Waals surface area contributed by atoms with E-state index >= 15 is 0 Å². The van der Waals surface area contributed by atoms with Crippen LogP contribution in [0.5, 0.6) is 0 Å². The maximum absolute atomic E-state index is 10.0. The Bertz CT molecular complexity index is 273. The minimum atomic E-state index is -5.13. The predicted molar refractivity (Wildman–Crippen MR) is 52.1 cm³/mol. The van der Waals surface area contributed by atoms with Crippen molar-refractivity contribution in [2.24, 2.45) is 0 Å². The summed E-state index contributed by atoms with van der Waals surface area (Å²) in [5.74, 6) is 0. The molecule has 0 atom stereocenters. The van der Waals surface area contributed by atoms with Crippen molar-refractivity contribution in [3.8, 4) is 0 Å². The molecule has 0 rings (SSSR count).